The Bertz CT molecular complexity index is 505. The number of aromatic nitrogens is 1. The minimum atomic E-state index is -0.739. The topological polar surface area (TPSA) is 77.2 Å². The number of piperidine rings is 1. The second kappa shape index (κ2) is 5.23. The first-order valence-corrected chi connectivity index (χ1v) is 6.04. The van der Waals surface area contributed by atoms with Gasteiger partial charge in [-0.1, -0.05) is 11.6 Å². The molecular formula is C12H12ClN3O2. The molecule has 0 radical (unpaired) electrons. The normalized spacial score (nSPS) is 16.3. The number of rotatable bonds is 2. The van der Waals surface area contributed by atoms with Crippen LogP contribution in [0.25, 0.3) is 0 Å². The third kappa shape index (κ3) is 2.54. The van der Waals surface area contributed by atoms with Gasteiger partial charge < -0.3 is 10.0 Å². The van der Waals surface area contributed by atoms with Crippen LogP contribution in [-0.4, -0.2) is 29.1 Å². The molecule has 1 N–H and O–H groups in total. The van der Waals surface area contributed by atoms with Crippen molar-refractivity contribution in [1.29, 1.82) is 5.26 Å². The minimum absolute atomic E-state index is 0.203. The molecule has 94 valence electrons. The number of halogens is 1. The van der Waals surface area contributed by atoms with Gasteiger partial charge in [0, 0.05) is 13.1 Å². The summed E-state index contributed by atoms with van der Waals surface area (Å²) in [6.07, 6.45) is 1.20. The van der Waals surface area contributed by atoms with Gasteiger partial charge in [0.15, 0.2) is 5.69 Å². The zero-order chi connectivity index (χ0) is 13.1. The summed E-state index contributed by atoms with van der Waals surface area (Å²) in [5.74, 6) is -0.333. The van der Waals surface area contributed by atoms with Crippen LogP contribution in [0.5, 0.6) is 0 Å². The van der Waals surface area contributed by atoms with Gasteiger partial charge in [0.05, 0.1) is 10.9 Å². The smallest absolute Gasteiger partial charge is 0.306 e. The highest BCUT2D eigenvalue weighted by atomic mass is 35.5. The maximum atomic E-state index is 10.8. The first kappa shape index (κ1) is 12.7. The average molecular weight is 266 g/mol. The van der Waals surface area contributed by atoms with Crippen molar-refractivity contribution >= 4 is 23.4 Å². The molecular weight excluding hydrogens is 254 g/mol. The molecule has 5 nitrogen and oxygen atoms in total. The van der Waals surface area contributed by atoms with Gasteiger partial charge in [-0.15, -0.1) is 0 Å². The van der Waals surface area contributed by atoms with Crippen LogP contribution in [0, 0.1) is 17.2 Å². The Morgan fingerprint density at radius 1 is 1.50 bits per heavy atom. The highest BCUT2D eigenvalue weighted by Gasteiger charge is 2.25. The van der Waals surface area contributed by atoms with Crippen LogP contribution in [0.2, 0.25) is 5.02 Å². The Labute approximate surface area is 110 Å². The van der Waals surface area contributed by atoms with E-state index in [0.717, 1.165) is 0 Å². The van der Waals surface area contributed by atoms with E-state index >= 15 is 0 Å². The summed E-state index contributed by atoms with van der Waals surface area (Å²) >= 11 is 5.82. The molecule has 0 atom stereocenters. The van der Waals surface area contributed by atoms with Crippen molar-refractivity contribution in [3.63, 3.8) is 0 Å². The molecule has 6 heteroatoms. The number of aliphatic carboxylic acids is 1. The van der Waals surface area contributed by atoms with Crippen LogP contribution in [0.3, 0.4) is 0 Å². The van der Waals surface area contributed by atoms with E-state index in [2.05, 4.69) is 4.98 Å². The molecule has 18 heavy (non-hydrogen) atoms. The molecule has 1 aromatic rings. The molecule has 0 bridgehead atoms. The summed E-state index contributed by atoms with van der Waals surface area (Å²) in [6, 6.07) is 5.34. The molecule has 0 saturated carbocycles. The highest BCUT2D eigenvalue weighted by molar-refractivity contribution is 6.31. The van der Waals surface area contributed by atoms with Crippen molar-refractivity contribution in [3.8, 4) is 6.07 Å². The van der Waals surface area contributed by atoms with E-state index in [0.29, 0.717) is 36.8 Å². The third-order valence-electron chi connectivity index (χ3n) is 3.11. The number of hydrogen-bond acceptors (Lipinski definition) is 4. The van der Waals surface area contributed by atoms with Gasteiger partial charge in [-0.25, -0.2) is 4.98 Å². The number of pyridine rings is 1. The Balaban J connectivity index is 2.10. The average Bonchev–Trinajstić information content (AvgIpc) is 2.39. The summed E-state index contributed by atoms with van der Waals surface area (Å²) in [5, 5.41) is 18.1. The molecule has 1 aliphatic heterocycles. The Hall–Kier alpha value is -1.80. The molecule has 2 heterocycles. The molecule has 1 aliphatic rings. The Morgan fingerprint density at radius 2 is 2.17 bits per heavy atom. The van der Waals surface area contributed by atoms with E-state index in [1.54, 1.807) is 12.1 Å². The minimum Gasteiger partial charge on any atom is -0.481 e. The first-order chi connectivity index (χ1) is 8.61. The lowest BCUT2D eigenvalue weighted by Crippen LogP contribution is -2.36. The molecule has 1 aromatic heterocycles. The number of nitriles is 1. The third-order valence-corrected chi connectivity index (χ3v) is 3.41. The van der Waals surface area contributed by atoms with Gasteiger partial charge in [0.25, 0.3) is 0 Å². The number of carboxylic acids is 1. The maximum Gasteiger partial charge on any atom is 0.306 e. The van der Waals surface area contributed by atoms with Gasteiger partial charge in [0.1, 0.15) is 11.9 Å². The van der Waals surface area contributed by atoms with E-state index < -0.39 is 5.97 Å². The zero-order valence-corrected chi connectivity index (χ0v) is 10.4. The van der Waals surface area contributed by atoms with Crippen molar-refractivity contribution < 1.29 is 9.90 Å². The fraction of sp³-hybridized carbons (Fsp3) is 0.417. The van der Waals surface area contributed by atoms with Crippen molar-refractivity contribution in [2.75, 3.05) is 18.0 Å². The van der Waals surface area contributed by atoms with Crippen molar-refractivity contribution in [1.82, 2.24) is 4.98 Å². The highest BCUT2D eigenvalue weighted by Crippen LogP contribution is 2.24. The van der Waals surface area contributed by atoms with Crippen LogP contribution in [0.4, 0.5) is 5.82 Å². The predicted molar refractivity (Wildman–Crippen MR) is 66.5 cm³/mol. The van der Waals surface area contributed by atoms with E-state index in [1.165, 1.54) is 0 Å². The van der Waals surface area contributed by atoms with E-state index in [1.807, 2.05) is 11.0 Å². The summed E-state index contributed by atoms with van der Waals surface area (Å²) in [7, 11) is 0. The van der Waals surface area contributed by atoms with Crippen LogP contribution in [-0.2, 0) is 4.79 Å². The maximum absolute atomic E-state index is 10.8. The number of anilines is 1. The summed E-state index contributed by atoms with van der Waals surface area (Å²) in [4.78, 5) is 17.0. The number of nitrogens with zero attached hydrogens (tertiary/aromatic N) is 3. The summed E-state index contributed by atoms with van der Waals surface area (Å²) in [6.45, 7) is 1.27. The van der Waals surface area contributed by atoms with E-state index in [-0.39, 0.29) is 11.6 Å². The van der Waals surface area contributed by atoms with Crippen LogP contribution < -0.4 is 4.90 Å². The fourth-order valence-corrected chi connectivity index (χ4v) is 2.19. The van der Waals surface area contributed by atoms with Crippen molar-refractivity contribution in [3.05, 3.63) is 22.8 Å². The Kier molecular flexibility index (Phi) is 3.68. The predicted octanol–water partition coefficient (Wildman–Crippen LogP) is 1.91. The SMILES string of the molecule is N#Cc1nc(N2CCC(C(=O)O)CC2)ccc1Cl. The molecule has 1 saturated heterocycles. The van der Waals surface area contributed by atoms with Crippen molar-refractivity contribution in [2.45, 2.75) is 12.8 Å². The Morgan fingerprint density at radius 3 is 2.72 bits per heavy atom. The van der Waals surface area contributed by atoms with E-state index in [9.17, 15) is 4.79 Å². The lowest BCUT2D eigenvalue weighted by molar-refractivity contribution is -0.142. The second-order valence-corrected chi connectivity index (χ2v) is 4.62. The molecule has 0 aromatic carbocycles. The van der Waals surface area contributed by atoms with Gasteiger partial charge in [-0.3, -0.25) is 4.79 Å². The largest absolute Gasteiger partial charge is 0.481 e. The first-order valence-electron chi connectivity index (χ1n) is 5.66. The zero-order valence-electron chi connectivity index (χ0n) is 9.64. The number of carboxylic acid groups (broad SMARTS) is 1. The fourth-order valence-electron chi connectivity index (χ4n) is 2.04. The van der Waals surface area contributed by atoms with E-state index in [4.69, 9.17) is 22.0 Å². The molecule has 0 unspecified atom stereocenters. The van der Waals surface area contributed by atoms with Crippen LogP contribution in [0.15, 0.2) is 12.1 Å². The quantitative estimate of drug-likeness (QED) is 0.884. The van der Waals surface area contributed by atoms with Gasteiger partial charge in [0.2, 0.25) is 0 Å². The molecule has 1 fully saturated rings. The monoisotopic (exact) mass is 265 g/mol. The van der Waals surface area contributed by atoms with Crippen molar-refractivity contribution in [2.24, 2.45) is 5.92 Å². The number of carbonyl (C=O) groups is 1. The molecule has 0 spiro atoms. The van der Waals surface area contributed by atoms with Gasteiger partial charge in [-0.05, 0) is 25.0 Å². The molecule has 2 rings (SSSR count). The summed E-state index contributed by atoms with van der Waals surface area (Å²) in [5.41, 5.74) is 0.203. The van der Waals surface area contributed by atoms with Gasteiger partial charge >= 0.3 is 5.97 Å². The van der Waals surface area contributed by atoms with Gasteiger partial charge in [-0.2, -0.15) is 5.26 Å². The summed E-state index contributed by atoms with van der Waals surface area (Å²) < 4.78 is 0. The lowest BCUT2D eigenvalue weighted by atomic mass is 9.97. The standard InChI is InChI=1S/C12H12ClN3O2/c13-9-1-2-11(15-10(9)7-14)16-5-3-8(4-6-16)12(17)18/h1-2,8H,3-6H2,(H,17,18). The van der Waals surface area contributed by atoms with Crippen LogP contribution in [0.1, 0.15) is 18.5 Å². The molecule has 0 aliphatic carbocycles. The molecule has 0 amide bonds. The second-order valence-electron chi connectivity index (χ2n) is 4.21. The lowest BCUT2D eigenvalue weighted by Gasteiger charge is -2.31. The number of hydrogen-bond donors (Lipinski definition) is 1. The van der Waals surface area contributed by atoms with Crippen LogP contribution >= 0.6 is 11.6 Å².